The van der Waals surface area contributed by atoms with Crippen molar-refractivity contribution in [1.82, 2.24) is 0 Å². The Hall–Kier alpha value is -4.13. The highest BCUT2D eigenvalue weighted by atomic mass is 16.5. The van der Waals surface area contributed by atoms with E-state index in [2.05, 4.69) is 10.6 Å². The number of carbonyl (C=O) groups excluding carboxylic acids is 3. The molecule has 3 aromatic carbocycles. The molecular formula is C25H24N2O5. The van der Waals surface area contributed by atoms with Crippen LogP contribution in [0.15, 0.2) is 78.9 Å². The molecule has 3 aromatic rings. The summed E-state index contributed by atoms with van der Waals surface area (Å²) in [4.78, 5) is 35.8. The zero-order valence-corrected chi connectivity index (χ0v) is 17.7. The Morgan fingerprint density at radius 2 is 1.38 bits per heavy atom. The topological polar surface area (TPSA) is 93.7 Å². The van der Waals surface area contributed by atoms with Crippen LogP contribution in [0.1, 0.15) is 18.4 Å². The summed E-state index contributed by atoms with van der Waals surface area (Å²) in [7, 11) is 0. The molecule has 3 rings (SSSR count). The minimum atomic E-state index is -0.619. The summed E-state index contributed by atoms with van der Waals surface area (Å²) in [5.74, 6) is -0.0435. The van der Waals surface area contributed by atoms with E-state index >= 15 is 0 Å². The zero-order chi connectivity index (χ0) is 22.8. The standard InChI is InChI=1S/C25H24N2O5/c1-18-7-5-6-10-22(18)27-23(28)15-16-25(30)31-17-24(29)26-19-11-13-21(14-12-19)32-20-8-3-2-4-9-20/h2-14H,15-17H2,1H3,(H,26,29)(H,27,28). The number of hydrogen-bond donors (Lipinski definition) is 2. The zero-order valence-electron chi connectivity index (χ0n) is 17.7. The molecular weight excluding hydrogens is 408 g/mol. The van der Waals surface area contributed by atoms with Crippen molar-refractivity contribution in [1.29, 1.82) is 0 Å². The highest BCUT2D eigenvalue weighted by Crippen LogP contribution is 2.22. The van der Waals surface area contributed by atoms with E-state index in [1.165, 1.54) is 0 Å². The fourth-order valence-electron chi connectivity index (χ4n) is 2.79. The third kappa shape index (κ3) is 7.28. The quantitative estimate of drug-likeness (QED) is 0.479. The molecule has 0 fully saturated rings. The molecule has 0 aromatic heterocycles. The molecule has 32 heavy (non-hydrogen) atoms. The van der Waals surface area contributed by atoms with E-state index in [-0.39, 0.29) is 18.7 Å². The highest BCUT2D eigenvalue weighted by Gasteiger charge is 2.11. The first-order chi connectivity index (χ1) is 15.5. The summed E-state index contributed by atoms with van der Waals surface area (Å²) < 4.78 is 10.6. The second kappa shape index (κ2) is 11.3. The van der Waals surface area contributed by atoms with E-state index in [4.69, 9.17) is 9.47 Å². The molecule has 0 atom stereocenters. The number of benzene rings is 3. The van der Waals surface area contributed by atoms with Crippen LogP contribution in [-0.2, 0) is 19.1 Å². The van der Waals surface area contributed by atoms with E-state index < -0.39 is 18.5 Å². The van der Waals surface area contributed by atoms with E-state index in [1.807, 2.05) is 55.5 Å². The lowest BCUT2D eigenvalue weighted by Gasteiger charge is -2.09. The predicted octanol–water partition coefficient (Wildman–Crippen LogP) is 4.69. The van der Waals surface area contributed by atoms with Crippen LogP contribution < -0.4 is 15.4 Å². The number of esters is 1. The van der Waals surface area contributed by atoms with Gasteiger partial charge < -0.3 is 20.1 Å². The number of ether oxygens (including phenoxy) is 2. The SMILES string of the molecule is Cc1ccccc1NC(=O)CCC(=O)OCC(=O)Nc1ccc(Oc2ccccc2)cc1. The maximum Gasteiger partial charge on any atom is 0.306 e. The van der Waals surface area contributed by atoms with Gasteiger partial charge in [-0.1, -0.05) is 36.4 Å². The maximum absolute atomic E-state index is 12.0. The monoisotopic (exact) mass is 432 g/mol. The second-order valence-corrected chi connectivity index (χ2v) is 7.01. The number of nitrogens with one attached hydrogen (secondary N) is 2. The second-order valence-electron chi connectivity index (χ2n) is 7.01. The molecule has 0 saturated carbocycles. The summed E-state index contributed by atoms with van der Waals surface area (Å²) in [6.45, 7) is 1.45. The lowest BCUT2D eigenvalue weighted by molar-refractivity contribution is -0.147. The van der Waals surface area contributed by atoms with Crippen LogP contribution in [-0.4, -0.2) is 24.4 Å². The number of hydrogen-bond acceptors (Lipinski definition) is 5. The Morgan fingerprint density at radius 3 is 2.09 bits per heavy atom. The minimum Gasteiger partial charge on any atom is -0.457 e. The van der Waals surface area contributed by atoms with Crippen LogP contribution >= 0.6 is 0 Å². The third-order valence-electron chi connectivity index (χ3n) is 4.46. The molecule has 0 saturated heterocycles. The van der Waals surface area contributed by atoms with Gasteiger partial charge in [0.05, 0.1) is 6.42 Å². The Labute approximate surface area is 186 Å². The summed E-state index contributed by atoms with van der Waals surface area (Å²) >= 11 is 0. The van der Waals surface area contributed by atoms with Gasteiger partial charge in [-0.3, -0.25) is 14.4 Å². The van der Waals surface area contributed by atoms with Gasteiger partial charge in [0, 0.05) is 17.8 Å². The first-order valence-electron chi connectivity index (χ1n) is 10.1. The fraction of sp³-hybridized carbons (Fsp3) is 0.160. The lowest BCUT2D eigenvalue weighted by Crippen LogP contribution is -2.21. The molecule has 7 heteroatoms. The third-order valence-corrected chi connectivity index (χ3v) is 4.46. The van der Waals surface area contributed by atoms with Crippen LogP contribution in [0, 0.1) is 6.92 Å². The Balaban J connectivity index is 1.36. The molecule has 0 spiro atoms. The smallest absolute Gasteiger partial charge is 0.306 e. The van der Waals surface area contributed by atoms with Crippen LogP contribution in [0.4, 0.5) is 11.4 Å². The maximum atomic E-state index is 12.0. The van der Waals surface area contributed by atoms with Crippen LogP contribution in [0.25, 0.3) is 0 Å². The van der Waals surface area contributed by atoms with Crippen LogP contribution in [0.2, 0.25) is 0 Å². The summed E-state index contributed by atoms with van der Waals surface area (Å²) in [5, 5.41) is 5.39. The summed E-state index contributed by atoms with van der Waals surface area (Å²) in [6, 6.07) is 23.5. The van der Waals surface area contributed by atoms with Gasteiger partial charge in [-0.15, -0.1) is 0 Å². The minimum absolute atomic E-state index is 0.0301. The molecule has 164 valence electrons. The highest BCUT2D eigenvalue weighted by molar-refractivity contribution is 5.94. The molecule has 0 aliphatic rings. The molecule has 0 unspecified atom stereocenters. The van der Waals surface area contributed by atoms with Gasteiger partial charge in [0.1, 0.15) is 11.5 Å². The molecule has 0 aliphatic heterocycles. The predicted molar refractivity (Wildman–Crippen MR) is 122 cm³/mol. The Bertz CT molecular complexity index is 1070. The van der Waals surface area contributed by atoms with Gasteiger partial charge in [0.15, 0.2) is 6.61 Å². The number of amides is 2. The lowest BCUT2D eigenvalue weighted by atomic mass is 10.2. The Kier molecular flexibility index (Phi) is 7.97. The molecule has 2 amide bonds. The van der Waals surface area contributed by atoms with E-state index in [0.29, 0.717) is 22.9 Å². The number of para-hydroxylation sites is 2. The van der Waals surface area contributed by atoms with Gasteiger partial charge in [0.25, 0.3) is 5.91 Å². The van der Waals surface area contributed by atoms with Gasteiger partial charge in [-0.25, -0.2) is 0 Å². The van der Waals surface area contributed by atoms with Gasteiger partial charge >= 0.3 is 5.97 Å². The van der Waals surface area contributed by atoms with Crippen molar-refractivity contribution in [2.75, 3.05) is 17.2 Å². The average Bonchev–Trinajstić information content (AvgIpc) is 2.80. The first-order valence-corrected chi connectivity index (χ1v) is 10.1. The Morgan fingerprint density at radius 1 is 0.719 bits per heavy atom. The molecule has 2 N–H and O–H groups in total. The number of aryl methyl sites for hydroxylation is 1. The number of anilines is 2. The van der Waals surface area contributed by atoms with Crippen molar-refractivity contribution >= 4 is 29.2 Å². The summed E-state index contributed by atoms with van der Waals surface area (Å²) in [6.07, 6.45) is -0.145. The number of rotatable bonds is 9. The summed E-state index contributed by atoms with van der Waals surface area (Å²) in [5.41, 5.74) is 2.18. The van der Waals surface area contributed by atoms with Crippen molar-refractivity contribution in [3.63, 3.8) is 0 Å². The first kappa shape index (κ1) is 22.6. The van der Waals surface area contributed by atoms with E-state index in [9.17, 15) is 14.4 Å². The molecule has 0 bridgehead atoms. The fourth-order valence-corrected chi connectivity index (χ4v) is 2.79. The van der Waals surface area contributed by atoms with Crippen molar-refractivity contribution in [3.05, 3.63) is 84.4 Å². The molecule has 0 heterocycles. The van der Waals surface area contributed by atoms with Gasteiger partial charge in [-0.05, 0) is 55.0 Å². The van der Waals surface area contributed by atoms with Crippen molar-refractivity contribution < 1.29 is 23.9 Å². The largest absolute Gasteiger partial charge is 0.457 e. The normalized spacial score (nSPS) is 10.2. The molecule has 7 nitrogen and oxygen atoms in total. The van der Waals surface area contributed by atoms with E-state index in [1.54, 1.807) is 30.3 Å². The van der Waals surface area contributed by atoms with Crippen LogP contribution in [0.3, 0.4) is 0 Å². The van der Waals surface area contributed by atoms with Crippen molar-refractivity contribution in [2.24, 2.45) is 0 Å². The van der Waals surface area contributed by atoms with Gasteiger partial charge in [0.2, 0.25) is 5.91 Å². The van der Waals surface area contributed by atoms with Crippen molar-refractivity contribution in [2.45, 2.75) is 19.8 Å². The molecule has 0 aliphatic carbocycles. The average molecular weight is 432 g/mol. The van der Waals surface area contributed by atoms with Crippen molar-refractivity contribution in [3.8, 4) is 11.5 Å². The van der Waals surface area contributed by atoms with E-state index in [0.717, 1.165) is 5.56 Å². The number of carbonyl (C=O) groups is 3. The van der Waals surface area contributed by atoms with Gasteiger partial charge in [-0.2, -0.15) is 0 Å². The van der Waals surface area contributed by atoms with Crippen LogP contribution in [0.5, 0.6) is 11.5 Å². The molecule has 0 radical (unpaired) electrons.